The maximum Gasteiger partial charge on any atom is 0.0807 e. The predicted octanol–water partition coefficient (Wildman–Crippen LogP) is 2.14. The molecular weight excluding hydrogens is 239 g/mol. The van der Waals surface area contributed by atoms with Gasteiger partial charge in [0.05, 0.1) is 5.85 Å². The molecule has 0 saturated heterocycles. The van der Waals surface area contributed by atoms with Gasteiger partial charge in [0.2, 0.25) is 0 Å². The van der Waals surface area contributed by atoms with Gasteiger partial charge in [0.15, 0.2) is 0 Å². The second-order valence-electron chi connectivity index (χ2n) is 4.64. The molecule has 0 aliphatic carbocycles. The summed E-state index contributed by atoms with van der Waals surface area (Å²) >= 11 is 0. The lowest BCUT2D eigenvalue weighted by atomic mass is 10.1. The molecule has 0 amide bonds. The lowest BCUT2D eigenvalue weighted by Gasteiger charge is -2.34. The Hall–Kier alpha value is 0.110. The van der Waals surface area contributed by atoms with Crippen LogP contribution in [0, 0.1) is 0 Å². The molecule has 1 atom stereocenters. The average Bonchev–Trinajstić information content (AvgIpc) is 2.25. The highest BCUT2D eigenvalue weighted by Crippen LogP contribution is 2.32. The molecule has 0 aromatic rings. The van der Waals surface area contributed by atoms with Gasteiger partial charge in [-0.2, -0.15) is 0 Å². The molecule has 0 aliphatic heterocycles. The lowest BCUT2D eigenvalue weighted by Crippen LogP contribution is -2.25. The standard InChI is InChI=1S/C12H27O4P/c1-2-3-4-5-6-7-8-9-10-11-12(13)17(14,15)16/h12-13H,2-11H2,1H3,(H2,14,15,16)/p-2. The summed E-state index contributed by atoms with van der Waals surface area (Å²) in [6.07, 6.45) is 10.2. The first-order valence-corrected chi connectivity index (χ1v) is 8.29. The molecule has 0 heterocycles. The second kappa shape index (κ2) is 10.1. The average molecular weight is 264 g/mol. The van der Waals surface area contributed by atoms with Crippen molar-refractivity contribution in [1.82, 2.24) is 0 Å². The number of rotatable bonds is 11. The molecule has 0 radical (unpaired) electrons. The Kier molecular flexibility index (Phi) is 10.1. The zero-order chi connectivity index (χ0) is 13.1. The van der Waals surface area contributed by atoms with E-state index in [1.54, 1.807) is 0 Å². The Morgan fingerprint density at radius 2 is 1.35 bits per heavy atom. The third kappa shape index (κ3) is 11.0. The van der Waals surface area contributed by atoms with Gasteiger partial charge >= 0.3 is 0 Å². The SMILES string of the molecule is CCCCCCCCCCCC(O)P(=O)([O-])[O-]. The fraction of sp³-hybridized carbons (Fsp3) is 1.00. The van der Waals surface area contributed by atoms with Gasteiger partial charge in [-0.3, -0.25) is 0 Å². The van der Waals surface area contributed by atoms with Crippen LogP contribution in [-0.2, 0) is 4.57 Å². The summed E-state index contributed by atoms with van der Waals surface area (Å²) in [4.78, 5) is 20.8. The molecule has 0 aliphatic rings. The normalized spacial score (nSPS) is 13.9. The minimum Gasteiger partial charge on any atom is -0.809 e. The number of aliphatic hydroxyl groups excluding tert-OH is 1. The summed E-state index contributed by atoms with van der Waals surface area (Å²) in [5.41, 5.74) is 0. The van der Waals surface area contributed by atoms with Crippen LogP contribution >= 0.6 is 7.60 Å². The van der Waals surface area contributed by atoms with Gasteiger partial charge in [0.1, 0.15) is 0 Å². The number of aliphatic hydroxyl groups is 1. The van der Waals surface area contributed by atoms with Crippen molar-refractivity contribution in [3.05, 3.63) is 0 Å². The molecule has 0 aromatic carbocycles. The number of hydrogen-bond donors (Lipinski definition) is 1. The van der Waals surface area contributed by atoms with Crippen LogP contribution in [0.2, 0.25) is 0 Å². The van der Waals surface area contributed by atoms with E-state index in [4.69, 9.17) is 5.11 Å². The van der Waals surface area contributed by atoms with E-state index in [1.807, 2.05) is 0 Å². The Bertz CT molecular complexity index is 215. The monoisotopic (exact) mass is 264 g/mol. The molecule has 0 fully saturated rings. The lowest BCUT2D eigenvalue weighted by molar-refractivity contribution is -0.322. The molecule has 4 nitrogen and oxygen atoms in total. The van der Waals surface area contributed by atoms with E-state index < -0.39 is 13.4 Å². The first kappa shape index (κ1) is 17.1. The van der Waals surface area contributed by atoms with Gasteiger partial charge in [-0.1, -0.05) is 64.7 Å². The van der Waals surface area contributed by atoms with E-state index in [1.165, 1.54) is 32.1 Å². The fourth-order valence-electron chi connectivity index (χ4n) is 1.80. The summed E-state index contributed by atoms with van der Waals surface area (Å²) in [6.45, 7) is 2.19. The third-order valence-corrected chi connectivity index (χ3v) is 3.92. The first-order valence-electron chi connectivity index (χ1n) is 6.68. The first-order chi connectivity index (χ1) is 7.98. The van der Waals surface area contributed by atoms with Crippen LogP contribution < -0.4 is 9.79 Å². The van der Waals surface area contributed by atoms with Crippen LogP contribution in [0.5, 0.6) is 0 Å². The van der Waals surface area contributed by atoms with Crippen molar-refractivity contribution in [2.45, 2.75) is 77.0 Å². The highest BCUT2D eigenvalue weighted by Gasteiger charge is 2.07. The third-order valence-electron chi connectivity index (χ3n) is 2.93. The van der Waals surface area contributed by atoms with Gasteiger partial charge in [-0.25, -0.2) is 0 Å². The molecule has 5 heteroatoms. The van der Waals surface area contributed by atoms with Gasteiger partial charge in [-0.15, -0.1) is 0 Å². The predicted molar refractivity (Wildman–Crippen MR) is 65.5 cm³/mol. The van der Waals surface area contributed by atoms with E-state index in [-0.39, 0.29) is 6.42 Å². The van der Waals surface area contributed by atoms with E-state index >= 15 is 0 Å². The Balaban J connectivity index is 3.21. The van der Waals surface area contributed by atoms with Crippen molar-refractivity contribution in [2.75, 3.05) is 0 Å². The summed E-state index contributed by atoms with van der Waals surface area (Å²) in [5, 5.41) is 9.00. The van der Waals surface area contributed by atoms with Crippen molar-refractivity contribution in [2.24, 2.45) is 0 Å². The summed E-state index contributed by atoms with van der Waals surface area (Å²) in [5.74, 6) is -1.69. The van der Waals surface area contributed by atoms with Crippen molar-refractivity contribution in [3.63, 3.8) is 0 Å². The zero-order valence-electron chi connectivity index (χ0n) is 10.8. The molecule has 1 unspecified atom stereocenters. The summed E-state index contributed by atoms with van der Waals surface area (Å²) in [6, 6.07) is 0. The van der Waals surface area contributed by atoms with Gasteiger partial charge < -0.3 is 19.5 Å². The van der Waals surface area contributed by atoms with E-state index in [2.05, 4.69) is 6.92 Å². The van der Waals surface area contributed by atoms with E-state index in [0.29, 0.717) is 6.42 Å². The van der Waals surface area contributed by atoms with Crippen LogP contribution in [0.15, 0.2) is 0 Å². The smallest absolute Gasteiger partial charge is 0.0807 e. The van der Waals surface area contributed by atoms with Crippen LogP contribution in [0.3, 0.4) is 0 Å². The van der Waals surface area contributed by atoms with Crippen LogP contribution in [0.4, 0.5) is 0 Å². The van der Waals surface area contributed by atoms with Gasteiger partial charge in [0, 0.05) is 0 Å². The summed E-state index contributed by atoms with van der Waals surface area (Å²) in [7, 11) is -4.78. The summed E-state index contributed by atoms with van der Waals surface area (Å²) < 4.78 is 10.4. The van der Waals surface area contributed by atoms with Crippen molar-refractivity contribution < 1.29 is 19.5 Å². The molecule has 0 rings (SSSR count). The van der Waals surface area contributed by atoms with E-state index in [9.17, 15) is 14.4 Å². The molecule has 1 N–H and O–H groups in total. The molecule has 0 aromatic heterocycles. The second-order valence-corrected chi connectivity index (χ2v) is 6.31. The minimum atomic E-state index is -4.78. The van der Waals surface area contributed by atoms with Crippen LogP contribution in [0.1, 0.15) is 71.1 Å². The molecule has 17 heavy (non-hydrogen) atoms. The topological polar surface area (TPSA) is 83.4 Å². The van der Waals surface area contributed by atoms with Crippen LogP contribution in [-0.4, -0.2) is 11.0 Å². The maximum atomic E-state index is 10.4. The minimum absolute atomic E-state index is 0.0834. The molecular formula is C12H25O4P-2. The Morgan fingerprint density at radius 1 is 0.941 bits per heavy atom. The molecule has 0 spiro atoms. The highest BCUT2D eigenvalue weighted by atomic mass is 31.2. The van der Waals surface area contributed by atoms with Gasteiger partial charge in [-0.05, 0) is 14.0 Å². The maximum absolute atomic E-state index is 10.4. The van der Waals surface area contributed by atoms with Crippen molar-refractivity contribution in [1.29, 1.82) is 0 Å². The quantitative estimate of drug-likeness (QED) is 0.457. The molecule has 0 saturated carbocycles. The largest absolute Gasteiger partial charge is 0.809 e. The zero-order valence-corrected chi connectivity index (χ0v) is 11.7. The van der Waals surface area contributed by atoms with Crippen molar-refractivity contribution >= 4 is 7.60 Å². The number of hydrogen-bond acceptors (Lipinski definition) is 4. The molecule has 104 valence electrons. The van der Waals surface area contributed by atoms with Gasteiger partial charge in [0.25, 0.3) is 0 Å². The molecule has 0 bridgehead atoms. The number of unbranched alkanes of at least 4 members (excludes halogenated alkanes) is 8. The van der Waals surface area contributed by atoms with Crippen molar-refractivity contribution in [3.8, 4) is 0 Å². The highest BCUT2D eigenvalue weighted by molar-refractivity contribution is 7.49. The van der Waals surface area contributed by atoms with E-state index in [0.717, 1.165) is 19.3 Å². The van der Waals surface area contributed by atoms with Crippen LogP contribution in [0.25, 0.3) is 0 Å². The fourth-order valence-corrected chi connectivity index (χ4v) is 2.29. The Morgan fingerprint density at radius 3 is 1.76 bits per heavy atom. The Labute approximate surface area is 105 Å².